The number of hydrogen-bond donors (Lipinski definition) is 7. The summed E-state index contributed by atoms with van der Waals surface area (Å²) in [4.78, 5) is 75.9. The Balaban J connectivity index is 5.88. The van der Waals surface area contributed by atoms with Gasteiger partial charge < -0.3 is 37.4 Å². The average molecular weight is 585 g/mol. The van der Waals surface area contributed by atoms with Crippen LogP contribution in [0.25, 0.3) is 0 Å². The third-order valence-electron chi connectivity index (χ3n) is 7.11. The van der Waals surface area contributed by atoms with E-state index in [1.54, 1.807) is 27.7 Å². The van der Waals surface area contributed by atoms with Crippen molar-refractivity contribution in [1.82, 2.24) is 26.6 Å². The highest BCUT2D eigenvalue weighted by atomic mass is 16.4. The SMILES string of the molecule is CC[C@H](C)[C@H](NC(=O)[C@H](C)NC(=O)CN)C(=O)N[C@H](C(=O)N[C@H](C(=O)N[C@@H](CC(C)C)C(=O)O)C(C)C)[C@@H](C)CC. The zero-order valence-corrected chi connectivity index (χ0v) is 26.0. The first-order chi connectivity index (χ1) is 19.0. The van der Waals surface area contributed by atoms with Gasteiger partial charge in [0.25, 0.3) is 0 Å². The van der Waals surface area contributed by atoms with E-state index in [4.69, 9.17) is 5.73 Å². The second-order valence-electron chi connectivity index (χ2n) is 11.5. The molecule has 0 saturated carbocycles. The summed E-state index contributed by atoms with van der Waals surface area (Å²) in [5, 5.41) is 22.6. The fourth-order valence-corrected chi connectivity index (χ4v) is 4.02. The fourth-order valence-electron chi connectivity index (χ4n) is 4.02. The van der Waals surface area contributed by atoms with Crippen LogP contribution in [0.15, 0.2) is 0 Å². The Labute approximate surface area is 243 Å². The maximum absolute atomic E-state index is 13.5. The fraction of sp³-hybridized carbons (Fsp3) is 0.786. The van der Waals surface area contributed by atoms with Gasteiger partial charge in [-0.15, -0.1) is 0 Å². The predicted molar refractivity (Wildman–Crippen MR) is 155 cm³/mol. The lowest BCUT2D eigenvalue weighted by Crippen LogP contribution is -2.61. The number of aliphatic carboxylic acids is 1. The first kappa shape index (κ1) is 37.8. The highest BCUT2D eigenvalue weighted by Gasteiger charge is 2.36. The van der Waals surface area contributed by atoms with Crippen LogP contribution in [0.1, 0.15) is 81.6 Å². The summed E-state index contributed by atoms with van der Waals surface area (Å²) in [6, 6.07) is -5.12. The molecule has 7 atom stereocenters. The van der Waals surface area contributed by atoms with E-state index in [9.17, 15) is 33.9 Å². The summed E-state index contributed by atoms with van der Waals surface area (Å²) < 4.78 is 0. The van der Waals surface area contributed by atoms with Crippen LogP contribution < -0.4 is 32.3 Å². The van der Waals surface area contributed by atoms with Gasteiger partial charge in [-0.1, -0.05) is 68.2 Å². The number of amides is 5. The van der Waals surface area contributed by atoms with E-state index in [1.165, 1.54) is 6.92 Å². The van der Waals surface area contributed by atoms with Crippen LogP contribution in [0.5, 0.6) is 0 Å². The number of rotatable bonds is 18. The number of nitrogens with two attached hydrogens (primary N) is 1. The van der Waals surface area contributed by atoms with Crippen molar-refractivity contribution in [3.05, 3.63) is 0 Å². The number of hydrogen-bond acceptors (Lipinski definition) is 7. The van der Waals surface area contributed by atoms with Crippen molar-refractivity contribution in [2.75, 3.05) is 6.54 Å². The lowest BCUT2D eigenvalue weighted by atomic mass is 9.94. The number of carboxylic acid groups (broad SMARTS) is 1. The van der Waals surface area contributed by atoms with Gasteiger partial charge in [0, 0.05) is 0 Å². The third-order valence-corrected chi connectivity index (χ3v) is 7.11. The first-order valence-electron chi connectivity index (χ1n) is 14.4. The number of nitrogens with one attached hydrogen (secondary N) is 5. The molecule has 0 spiro atoms. The maximum Gasteiger partial charge on any atom is 0.326 e. The summed E-state index contributed by atoms with van der Waals surface area (Å²) in [5.41, 5.74) is 5.29. The molecule has 5 amide bonds. The molecule has 41 heavy (non-hydrogen) atoms. The van der Waals surface area contributed by atoms with E-state index < -0.39 is 65.7 Å². The summed E-state index contributed by atoms with van der Waals surface area (Å²) in [6.45, 7) is 15.6. The second-order valence-corrected chi connectivity index (χ2v) is 11.5. The highest BCUT2D eigenvalue weighted by molar-refractivity contribution is 5.96. The van der Waals surface area contributed by atoms with Gasteiger partial charge in [-0.05, 0) is 37.0 Å². The predicted octanol–water partition coefficient (Wildman–Crippen LogP) is 0.268. The highest BCUT2D eigenvalue weighted by Crippen LogP contribution is 2.14. The third kappa shape index (κ3) is 12.9. The summed E-state index contributed by atoms with van der Waals surface area (Å²) >= 11 is 0. The van der Waals surface area contributed by atoms with Gasteiger partial charge in [0.05, 0.1) is 6.54 Å². The molecule has 236 valence electrons. The van der Waals surface area contributed by atoms with Gasteiger partial charge in [-0.25, -0.2) is 4.79 Å². The number of carbonyl (C=O) groups excluding carboxylic acids is 5. The lowest BCUT2D eigenvalue weighted by molar-refractivity contribution is -0.143. The molecule has 0 aliphatic heterocycles. The molecule has 13 heteroatoms. The Morgan fingerprint density at radius 1 is 0.634 bits per heavy atom. The Morgan fingerprint density at radius 2 is 1.05 bits per heavy atom. The Bertz CT molecular complexity index is 910. The van der Waals surface area contributed by atoms with E-state index in [0.717, 1.165) is 0 Å². The molecule has 0 unspecified atom stereocenters. The normalized spacial score (nSPS) is 16.4. The van der Waals surface area contributed by atoms with Gasteiger partial charge >= 0.3 is 5.97 Å². The molecule has 0 aromatic heterocycles. The zero-order valence-electron chi connectivity index (χ0n) is 26.0. The molecule has 0 aromatic carbocycles. The van der Waals surface area contributed by atoms with Crippen molar-refractivity contribution in [3.63, 3.8) is 0 Å². The molecule has 8 N–H and O–H groups in total. The molecular formula is C28H52N6O7. The van der Waals surface area contributed by atoms with Crippen LogP contribution in [-0.2, 0) is 28.8 Å². The minimum Gasteiger partial charge on any atom is -0.480 e. The van der Waals surface area contributed by atoms with Gasteiger partial charge in [-0.3, -0.25) is 24.0 Å². The van der Waals surface area contributed by atoms with Gasteiger partial charge in [-0.2, -0.15) is 0 Å². The van der Waals surface area contributed by atoms with Crippen LogP contribution >= 0.6 is 0 Å². The molecule has 0 aliphatic carbocycles. The van der Waals surface area contributed by atoms with E-state index in [1.807, 2.05) is 27.7 Å². The molecule has 0 heterocycles. The largest absolute Gasteiger partial charge is 0.480 e. The van der Waals surface area contributed by atoms with E-state index in [2.05, 4.69) is 26.6 Å². The zero-order chi connectivity index (χ0) is 32.0. The van der Waals surface area contributed by atoms with Crippen LogP contribution in [0.2, 0.25) is 0 Å². The second kappa shape index (κ2) is 18.3. The molecule has 0 fully saturated rings. The number of carbonyl (C=O) groups is 6. The number of carboxylic acids is 1. The van der Waals surface area contributed by atoms with Crippen molar-refractivity contribution >= 4 is 35.5 Å². The Hall–Kier alpha value is -3.22. The first-order valence-corrected chi connectivity index (χ1v) is 14.4. The monoisotopic (exact) mass is 584 g/mol. The van der Waals surface area contributed by atoms with Crippen LogP contribution in [0.3, 0.4) is 0 Å². The molecule has 0 rings (SSSR count). The van der Waals surface area contributed by atoms with Crippen molar-refractivity contribution in [3.8, 4) is 0 Å². The topological polar surface area (TPSA) is 209 Å². The molecule has 0 aromatic rings. The summed E-state index contributed by atoms with van der Waals surface area (Å²) in [6.07, 6.45) is 1.29. The summed E-state index contributed by atoms with van der Waals surface area (Å²) in [5.74, 6) is -5.08. The van der Waals surface area contributed by atoms with Crippen molar-refractivity contribution in [2.45, 2.75) is 112 Å². The molecule has 0 aliphatic rings. The van der Waals surface area contributed by atoms with E-state index in [0.29, 0.717) is 12.8 Å². The van der Waals surface area contributed by atoms with Crippen LogP contribution in [0, 0.1) is 23.7 Å². The molecule has 0 radical (unpaired) electrons. The van der Waals surface area contributed by atoms with E-state index in [-0.39, 0.29) is 36.6 Å². The molecular weight excluding hydrogens is 532 g/mol. The van der Waals surface area contributed by atoms with Crippen LogP contribution in [0.4, 0.5) is 0 Å². The van der Waals surface area contributed by atoms with Gasteiger partial charge in [0.1, 0.15) is 30.2 Å². The quantitative estimate of drug-likeness (QED) is 0.119. The van der Waals surface area contributed by atoms with Crippen LogP contribution in [-0.4, -0.2) is 77.4 Å². The standard InChI is InChI=1S/C28H52N6O7/c1-10-16(7)22(33-24(36)18(9)30-20(35)13-29)27(39)34-23(17(8)11-2)26(38)32-21(15(5)6)25(37)31-19(28(40)41)12-14(3)4/h14-19,21-23H,10-13,29H2,1-9H3,(H,30,35)(H,31,37)(H,32,38)(H,33,36)(H,34,39)(H,40,41)/t16-,17-,18-,19-,21-,22-,23-/m0/s1. The van der Waals surface area contributed by atoms with Crippen molar-refractivity contribution in [2.24, 2.45) is 29.4 Å². The molecule has 0 saturated heterocycles. The minimum absolute atomic E-state index is 0.0207. The lowest BCUT2D eigenvalue weighted by Gasteiger charge is -2.31. The maximum atomic E-state index is 13.5. The van der Waals surface area contributed by atoms with Gasteiger partial charge in [0.2, 0.25) is 29.5 Å². The van der Waals surface area contributed by atoms with E-state index >= 15 is 0 Å². The molecule has 0 bridgehead atoms. The van der Waals surface area contributed by atoms with Crippen molar-refractivity contribution < 1.29 is 33.9 Å². The smallest absolute Gasteiger partial charge is 0.326 e. The Morgan fingerprint density at radius 3 is 1.41 bits per heavy atom. The average Bonchev–Trinajstić information content (AvgIpc) is 2.90. The van der Waals surface area contributed by atoms with Gasteiger partial charge in [0.15, 0.2) is 0 Å². The van der Waals surface area contributed by atoms with Crippen molar-refractivity contribution in [1.29, 1.82) is 0 Å². The summed E-state index contributed by atoms with van der Waals surface area (Å²) in [7, 11) is 0. The molecule has 13 nitrogen and oxygen atoms in total. The minimum atomic E-state index is -1.17. The Kier molecular flexibility index (Phi) is 16.8.